The zero-order chi connectivity index (χ0) is 11.3. The van der Waals surface area contributed by atoms with Crippen LogP contribution in [0.15, 0.2) is 24.3 Å². The molecule has 5 heteroatoms. The van der Waals surface area contributed by atoms with Crippen molar-refractivity contribution in [1.82, 2.24) is 5.48 Å². The summed E-state index contributed by atoms with van der Waals surface area (Å²) in [6.45, 7) is 1.96. The molecule has 0 heterocycles. The number of hydroxylamine groups is 1. The van der Waals surface area contributed by atoms with E-state index in [9.17, 15) is 4.79 Å². The summed E-state index contributed by atoms with van der Waals surface area (Å²) in [4.78, 5) is 15.7. The first-order chi connectivity index (χ1) is 7.09. The monoisotopic (exact) mass is 228 g/mol. The largest absolute Gasteiger partial charge is 0.368 e. The van der Waals surface area contributed by atoms with Crippen LogP contribution in [0.4, 0.5) is 0 Å². The first-order valence-corrected chi connectivity index (χ1v) is 4.88. The molecule has 3 N–H and O–H groups in total. The van der Waals surface area contributed by atoms with Crippen LogP contribution in [0.3, 0.4) is 0 Å². The maximum absolute atomic E-state index is 10.7. The van der Waals surface area contributed by atoms with Crippen LogP contribution in [0, 0.1) is 0 Å². The predicted molar refractivity (Wildman–Crippen MR) is 58.0 cm³/mol. The molecule has 0 bridgehead atoms. The topological polar surface area (TPSA) is 64.3 Å². The fourth-order valence-corrected chi connectivity index (χ4v) is 1.15. The Balaban J connectivity index is 2.35. The number of hydrogen-bond donors (Lipinski definition) is 2. The van der Waals surface area contributed by atoms with Crippen molar-refractivity contribution in [2.45, 2.75) is 19.6 Å². The number of carbonyl (C=O) groups excluding carboxylic acids is 1. The van der Waals surface area contributed by atoms with Gasteiger partial charge in [0.05, 0.1) is 6.61 Å². The van der Waals surface area contributed by atoms with Crippen molar-refractivity contribution >= 4 is 17.5 Å². The number of amides is 1. The Morgan fingerprint density at radius 2 is 2.40 bits per heavy atom. The molecule has 0 fully saturated rings. The highest BCUT2D eigenvalue weighted by Crippen LogP contribution is 2.10. The number of primary amides is 1. The van der Waals surface area contributed by atoms with Crippen molar-refractivity contribution in [2.24, 2.45) is 5.73 Å². The van der Waals surface area contributed by atoms with Gasteiger partial charge in [0.2, 0.25) is 5.91 Å². The highest BCUT2D eigenvalue weighted by atomic mass is 35.5. The van der Waals surface area contributed by atoms with Crippen molar-refractivity contribution in [3.05, 3.63) is 34.9 Å². The van der Waals surface area contributed by atoms with Crippen molar-refractivity contribution in [3.8, 4) is 0 Å². The lowest BCUT2D eigenvalue weighted by molar-refractivity contribution is -0.124. The zero-order valence-corrected chi connectivity index (χ0v) is 9.12. The van der Waals surface area contributed by atoms with Gasteiger partial charge in [-0.1, -0.05) is 23.7 Å². The van der Waals surface area contributed by atoms with Gasteiger partial charge in [0.25, 0.3) is 0 Å². The van der Waals surface area contributed by atoms with E-state index in [4.69, 9.17) is 22.2 Å². The van der Waals surface area contributed by atoms with Gasteiger partial charge in [0.15, 0.2) is 0 Å². The maximum atomic E-state index is 10.7. The third-order valence-corrected chi connectivity index (χ3v) is 2.05. The molecule has 0 aromatic heterocycles. The molecule has 15 heavy (non-hydrogen) atoms. The summed E-state index contributed by atoms with van der Waals surface area (Å²) >= 11 is 5.79. The van der Waals surface area contributed by atoms with Gasteiger partial charge >= 0.3 is 0 Å². The molecule has 0 aliphatic heterocycles. The number of benzene rings is 1. The molecule has 0 aliphatic carbocycles. The van der Waals surface area contributed by atoms with Gasteiger partial charge < -0.3 is 5.73 Å². The van der Waals surface area contributed by atoms with Crippen molar-refractivity contribution in [1.29, 1.82) is 0 Å². The minimum Gasteiger partial charge on any atom is -0.368 e. The Morgan fingerprint density at radius 1 is 1.67 bits per heavy atom. The summed E-state index contributed by atoms with van der Waals surface area (Å²) < 4.78 is 0. The third kappa shape index (κ3) is 4.29. The van der Waals surface area contributed by atoms with Gasteiger partial charge in [-0.25, -0.2) is 0 Å². The summed E-state index contributed by atoms with van der Waals surface area (Å²) in [5, 5.41) is 0.652. The summed E-state index contributed by atoms with van der Waals surface area (Å²) in [5.41, 5.74) is 8.49. The Kier molecular flexibility index (Phi) is 4.55. The molecule has 0 saturated heterocycles. The number of halogens is 1. The van der Waals surface area contributed by atoms with Gasteiger partial charge in [-0.2, -0.15) is 5.48 Å². The first-order valence-electron chi connectivity index (χ1n) is 4.50. The van der Waals surface area contributed by atoms with E-state index < -0.39 is 11.9 Å². The number of nitrogens with two attached hydrogens (primary N) is 1. The van der Waals surface area contributed by atoms with E-state index >= 15 is 0 Å². The normalized spacial score (nSPS) is 12.4. The van der Waals surface area contributed by atoms with Gasteiger partial charge in [0.1, 0.15) is 6.04 Å². The molecule has 1 aromatic carbocycles. The molecule has 82 valence electrons. The fraction of sp³-hybridized carbons (Fsp3) is 0.300. The van der Waals surface area contributed by atoms with Crippen molar-refractivity contribution < 1.29 is 9.63 Å². The minimum absolute atomic E-state index is 0.332. The van der Waals surface area contributed by atoms with Gasteiger partial charge in [0, 0.05) is 5.02 Å². The second-order valence-corrected chi connectivity index (χ2v) is 3.60. The molecule has 1 aromatic rings. The maximum Gasteiger partial charge on any atom is 0.236 e. The van der Waals surface area contributed by atoms with Gasteiger partial charge in [-0.15, -0.1) is 0 Å². The first kappa shape index (κ1) is 12.0. The Bertz CT molecular complexity index is 344. The van der Waals surface area contributed by atoms with Crippen LogP contribution >= 0.6 is 11.6 Å². The lowest BCUT2D eigenvalue weighted by Gasteiger charge is -2.10. The SMILES string of the molecule is C[C@H](NOCc1cccc(Cl)c1)C(N)=O. The van der Waals surface area contributed by atoms with Crippen molar-refractivity contribution in [3.63, 3.8) is 0 Å². The van der Waals surface area contributed by atoms with Crippen LogP contribution in [0.25, 0.3) is 0 Å². The molecule has 0 saturated carbocycles. The molecule has 1 atom stereocenters. The van der Waals surface area contributed by atoms with Crippen LogP contribution in [0.5, 0.6) is 0 Å². The Hall–Kier alpha value is -1.10. The molecule has 0 aliphatic rings. The molecule has 0 radical (unpaired) electrons. The zero-order valence-electron chi connectivity index (χ0n) is 8.37. The summed E-state index contributed by atoms with van der Waals surface area (Å²) in [6, 6.07) is 6.77. The summed E-state index contributed by atoms with van der Waals surface area (Å²) in [5.74, 6) is -0.457. The molecule has 4 nitrogen and oxygen atoms in total. The molecule has 1 amide bonds. The van der Waals surface area contributed by atoms with E-state index in [0.717, 1.165) is 5.56 Å². The van der Waals surface area contributed by atoms with Crippen LogP contribution in [0.1, 0.15) is 12.5 Å². The van der Waals surface area contributed by atoms with Crippen LogP contribution in [-0.2, 0) is 16.2 Å². The second-order valence-electron chi connectivity index (χ2n) is 3.16. The smallest absolute Gasteiger partial charge is 0.236 e. The van der Waals surface area contributed by atoms with Gasteiger partial charge in [-0.3, -0.25) is 9.63 Å². The standard InChI is InChI=1S/C10H13ClN2O2/c1-7(10(12)14)13-15-6-8-3-2-4-9(11)5-8/h2-5,7,13H,6H2,1H3,(H2,12,14)/t7-/m0/s1. The summed E-state index contributed by atoms with van der Waals surface area (Å²) in [6.07, 6.45) is 0. The summed E-state index contributed by atoms with van der Waals surface area (Å²) in [7, 11) is 0. The third-order valence-electron chi connectivity index (χ3n) is 1.81. The quantitative estimate of drug-likeness (QED) is 0.746. The van der Waals surface area contributed by atoms with Gasteiger partial charge in [-0.05, 0) is 24.6 Å². The van der Waals surface area contributed by atoms with E-state index in [0.29, 0.717) is 11.6 Å². The van der Waals surface area contributed by atoms with E-state index in [-0.39, 0.29) is 0 Å². The lowest BCUT2D eigenvalue weighted by atomic mass is 10.2. The van der Waals surface area contributed by atoms with E-state index in [1.807, 2.05) is 12.1 Å². The van der Waals surface area contributed by atoms with E-state index in [2.05, 4.69) is 5.48 Å². The van der Waals surface area contributed by atoms with E-state index in [1.165, 1.54) is 0 Å². The minimum atomic E-state index is -0.510. The second kappa shape index (κ2) is 5.70. The highest BCUT2D eigenvalue weighted by molar-refractivity contribution is 6.30. The molecule has 0 unspecified atom stereocenters. The predicted octanol–water partition coefficient (Wildman–Crippen LogP) is 1.24. The molecule has 0 spiro atoms. The number of hydrogen-bond acceptors (Lipinski definition) is 3. The Labute approximate surface area is 93.3 Å². The lowest BCUT2D eigenvalue weighted by Crippen LogP contribution is -2.38. The average molecular weight is 229 g/mol. The number of nitrogens with one attached hydrogen (secondary N) is 1. The number of rotatable bonds is 5. The molecular formula is C10H13ClN2O2. The van der Waals surface area contributed by atoms with Crippen LogP contribution in [0.2, 0.25) is 5.02 Å². The van der Waals surface area contributed by atoms with Crippen molar-refractivity contribution in [2.75, 3.05) is 0 Å². The number of carbonyl (C=O) groups is 1. The van der Waals surface area contributed by atoms with Crippen LogP contribution < -0.4 is 11.2 Å². The highest BCUT2D eigenvalue weighted by Gasteiger charge is 2.07. The Morgan fingerprint density at radius 3 is 3.00 bits per heavy atom. The fourth-order valence-electron chi connectivity index (χ4n) is 0.935. The average Bonchev–Trinajstić information content (AvgIpc) is 2.17. The van der Waals surface area contributed by atoms with Crippen LogP contribution in [-0.4, -0.2) is 11.9 Å². The van der Waals surface area contributed by atoms with E-state index in [1.54, 1.807) is 19.1 Å². The molecule has 1 rings (SSSR count). The molecular weight excluding hydrogens is 216 g/mol.